The van der Waals surface area contributed by atoms with Gasteiger partial charge in [0.1, 0.15) is 6.54 Å². The van der Waals surface area contributed by atoms with Crippen LogP contribution >= 0.6 is 0 Å². The van der Waals surface area contributed by atoms with E-state index in [-0.39, 0.29) is 13.2 Å². The second kappa shape index (κ2) is 4.81. The monoisotopic (exact) mass is 227 g/mol. The molecule has 1 aromatic carbocycles. The molecular formula is C13H13N3O. The zero-order chi connectivity index (χ0) is 12.3. The van der Waals surface area contributed by atoms with Gasteiger partial charge >= 0.3 is 0 Å². The molecule has 0 unspecified atom stereocenters. The van der Waals surface area contributed by atoms with Crippen molar-refractivity contribution in [2.24, 2.45) is 0 Å². The van der Waals surface area contributed by atoms with Crippen molar-refractivity contribution in [1.29, 1.82) is 5.26 Å². The van der Waals surface area contributed by atoms with Crippen molar-refractivity contribution in [2.45, 2.75) is 20.1 Å². The fraction of sp³-hybridized carbons (Fsp3) is 0.231. The minimum absolute atomic E-state index is 0.0504. The van der Waals surface area contributed by atoms with E-state index in [4.69, 9.17) is 10.4 Å². The van der Waals surface area contributed by atoms with E-state index in [2.05, 4.69) is 5.10 Å². The topological polar surface area (TPSA) is 61.8 Å². The third kappa shape index (κ3) is 2.35. The molecule has 1 aromatic heterocycles. The van der Waals surface area contributed by atoms with Gasteiger partial charge in [0.05, 0.1) is 18.9 Å². The fourth-order valence-electron chi connectivity index (χ4n) is 1.81. The highest BCUT2D eigenvalue weighted by atomic mass is 16.3. The molecule has 0 saturated heterocycles. The molecule has 0 aliphatic heterocycles. The van der Waals surface area contributed by atoms with Gasteiger partial charge < -0.3 is 5.11 Å². The Morgan fingerprint density at radius 2 is 2.29 bits per heavy atom. The van der Waals surface area contributed by atoms with E-state index in [1.807, 2.05) is 37.4 Å². The summed E-state index contributed by atoms with van der Waals surface area (Å²) >= 11 is 0. The number of aromatic nitrogens is 2. The first-order valence-corrected chi connectivity index (χ1v) is 5.34. The lowest BCUT2D eigenvalue weighted by molar-refractivity contribution is 0.282. The summed E-state index contributed by atoms with van der Waals surface area (Å²) in [6, 6.07) is 7.86. The second-order valence-electron chi connectivity index (χ2n) is 3.89. The van der Waals surface area contributed by atoms with Gasteiger partial charge in [-0.25, -0.2) is 0 Å². The summed E-state index contributed by atoms with van der Waals surface area (Å²) in [4.78, 5) is 0. The lowest BCUT2D eigenvalue weighted by atomic mass is 10.0. The molecule has 0 amide bonds. The Bertz CT molecular complexity index is 566. The molecule has 0 atom stereocenters. The Hall–Kier alpha value is -2.12. The molecule has 4 heteroatoms. The molecule has 0 spiro atoms. The van der Waals surface area contributed by atoms with Gasteiger partial charge in [-0.1, -0.05) is 18.2 Å². The number of aliphatic hydroxyl groups is 1. The first kappa shape index (κ1) is 11.4. The van der Waals surface area contributed by atoms with Crippen LogP contribution in [0.5, 0.6) is 0 Å². The van der Waals surface area contributed by atoms with Gasteiger partial charge in [0.15, 0.2) is 0 Å². The highest BCUT2D eigenvalue weighted by molar-refractivity contribution is 5.66. The molecule has 0 bridgehead atoms. The lowest BCUT2D eigenvalue weighted by Gasteiger charge is -2.05. The Labute approximate surface area is 99.7 Å². The van der Waals surface area contributed by atoms with E-state index in [9.17, 15) is 0 Å². The van der Waals surface area contributed by atoms with Crippen molar-refractivity contribution in [1.82, 2.24) is 9.78 Å². The van der Waals surface area contributed by atoms with Gasteiger partial charge in [0.2, 0.25) is 0 Å². The van der Waals surface area contributed by atoms with E-state index in [1.165, 1.54) is 0 Å². The van der Waals surface area contributed by atoms with Crippen LogP contribution in [0, 0.1) is 18.3 Å². The standard InChI is InChI=1S/C13H13N3O/c1-10-6-11(9-17)2-3-13(10)12-7-15-16(8-12)5-4-14/h2-3,6-8,17H,5,9H2,1H3. The number of rotatable bonds is 3. The van der Waals surface area contributed by atoms with Gasteiger partial charge in [-0.15, -0.1) is 0 Å². The minimum Gasteiger partial charge on any atom is -0.392 e. The smallest absolute Gasteiger partial charge is 0.128 e. The molecule has 2 rings (SSSR count). The second-order valence-corrected chi connectivity index (χ2v) is 3.89. The first-order chi connectivity index (χ1) is 8.24. The normalized spacial score (nSPS) is 10.2. The van der Waals surface area contributed by atoms with Crippen molar-refractivity contribution in [3.63, 3.8) is 0 Å². The molecule has 1 heterocycles. The largest absolute Gasteiger partial charge is 0.392 e. The van der Waals surface area contributed by atoms with Crippen LogP contribution in [0.4, 0.5) is 0 Å². The summed E-state index contributed by atoms with van der Waals surface area (Å²) in [7, 11) is 0. The molecule has 86 valence electrons. The van der Waals surface area contributed by atoms with Crippen LogP contribution in [0.25, 0.3) is 11.1 Å². The summed E-state index contributed by atoms with van der Waals surface area (Å²) in [5, 5.41) is 21.7. The molecule has 4 nitrogen and oxygen atoms in total. The third-order valence-corrected chi connectivity index (χ3v) is 2.65. The quantitative estimate of drug-likeness (QED) is 0.870. The Morgan fingerprint density at radius 3 is 2.94 bits per heavy atom. The van der Waals surface area contributed by atoms with Crippen molar-refractivity contribution < 1.29 is 5.11 Å². The fourth-order valence-corrected chi connectivity index (χ4v) is 1.81. The average Bonchev–Trinajstić information content (AvgIpc) is 2.78. The SMILES string of the molecule is Cc1cc(CO)ccc1-c1cnn(CC#N)c1. The third-order valence-electron chi connectivity index (χ3n) is 2.65. The molecule has 0 radical (unpaired) electrons. The lowest BCUT2D eigenvalue weighted by Crippen LogP contribution is -1.94. The maximum Gasteiger partial charge on any atom is 0.128 e. The summed E-state index contributed by atoms with van der Waals surface area (Å²) in [6.07, 6.45) is 3.60. The van der Waals surface area contributed by atoms with Gasteiger partial charge in [-0.2, -0.15) is 10.4 Å². The average molecular weight is 227 g/mol. The molecular weight excluding hydrogens is 214 g/mol. The Kier molecular flexibility index (Phi) is 3.22. The Morgan fingerprint density at radius 1 is 1.47 bits per heavy atom. The number of aliphatic hydroxyl groups excluding tert-OH is 1. The summed E-state index contributed by atoms with van der Waals surface area (Å²) < 4.78 is 1.61. The number of aryl methyl sites for hydroxylation is 1. The van der Waals surface area contributed by atoms with Crippen LogP contribution in [0.2, 0.25) is 0 Å². The van der Waals surface area contributed by atoms with E-state index in [0.717, 1.165) is 22.3 Å². The molecule has 0 aliphatic rings. The van der Waals surface area contributed by atoms with Crippen LogP contribution in [0.1, 0.15) is 11.1 Å². The minimum atomic E-state index is 0.0504. The predicted octanol–water partition coefficient (Wildman–Crippen LogP) is 1.87. The molecule has 0 aliphatic carbocycles. The van der Waals surface area contributed by atoms with Gasteiger partial charge in [-0.05, 0) is 23.6 Å². The summed E-state index contributed by atoms with van der Waals surface area (Å²) in [5.41, 5.74) is 4.05. The number of nitrogens with zero attached hydrogens (tertiary/aromatic N) is 3. The van der Waals surface area contributed by atoms with Crippen molar-refractivity contribution in [2.75, 3.05) is 0 Å². The molecule has 17 heavy (non-hydrogen) atoms. The number of hydrogen-bond donors (Lipinski definition) is 1. The first-order valence-electron chi connectivity index (χ1n) is 5.34. The maximum atomic E-state index is 9.05. The summed E-state index contributed by atoms with van der Waals surface area (Å²) in [6.45, 7) is 2.30. The Balaban J connectivity index is 2.36. The molecule has 0 saturated carbocycles. The zero-order valence-electron chi connectivity index (χ0n) is 9.59. The number of nitriles is 1. The summed E-state index contributed by atoms with van der Waals surface area (Å²) in [5.74, 6) is 0. The van der Waals surface area contributed by atoms with Crippen molar-refractivity contribution >= 4 is 0 Å². The van der Waals surface area contributed by atoms with Crippen molar-refractivity contribution in [3.05, 3.63) is 41.7 Å². The molecule has 0 fully saturated rings. The molecule has 1 N–H and O–H groups in total. The van der Waals surface area contributed by atoms with E-state index in [0.29, 0.717) is 0 Å². The van der Waals surface area contributed by atoms with E-state index >= 15 is 0 Å². The van der Waals surface area contributed by atoms with Crippen LogP contribution in [0.3, 0.4) is 0 Å². The van der Waals surface area contributed by atoms with Crippen LogP contribution in [0.15, 0.2) is 30.6 Å². The zero-order valence-corrected chi connectivity index (χ0v) is 9.59. The van der Waals surface area contributed by atoms with Gasteiger partial charge in [-0.3, -0.25) is 4.68 Å². The highest BCUT2D eigenvalue weighted by Gasteiger charge is 2.05. The van der Waals surface area contributed by atoms with Crippen LogP contribution in [-0.2, 0) is 13.2 Å². The van der Waals surface area contributed by atoms with E-state index in [1.54, 1.807) is 10.9 Å². The number of hydrogen-bond acceptors (Lipinski definition) is 3. The van der Waals surface area contributed by atoms with Crippen LogP contribution in [-0.4, -0.2) is 14.9 Å². The van der Waals surface area contributed by atoms with Gasteiger partial charge in [0.25, 0.3) is 0 Å². The van der Waals surface area contributed by atoms with E-state index < -0.39 is 0 Å². The maximum absolute atomic E-state index is 9.05. The van der Waals surface area contributed by atoms with Crippen LogP contribution < -0.4 is 0 Å². The highest BCUT2D eigenvalue weighted by Crippen LogP contribution is 2.23. The van der Waals surface area contributed by atoms with Crippen molar-refractivity contribution in [3.8, 4) is 17.2 Å². The number of benzene rings is 1. The predicted molar refractivity (Wildman–Crippen MR) is 63.9 cm³/mol. The molecule has 2 aromatic rings. The van der Waals surface area contributed by atoms with Gasteiger partial charge in [0, 0.05) is 11.8 Å².